The third-order valence-corrected chi connectivity index (χ3v) is 2.60. The molecule has 0 unspecified atom stereocenters. The van der Waals surface area contributed by atoms with Crippen LogP contribution in [0.3, 0.4) is 0 Å². The van der Waals surface area contributed by atoms with E-state index in [0.717, 1.165) is 0 Å². The van der Waals surface area contributed by atoms with E-state index in [1.807, 2.05) is 0 Å². The largest absolute Gasteiger partial charge is 0.492 e. The Morgan fingerprint density at radius 3 is 2.65 bits per heavy atom. The lowest BCUT2D eigenvalue weighted by Gasteiger charge is -2.11. The van der Waals surface area contributed by atoms with Gasteiger partial charge in [0.05, 0.1) is 16.6 Å². The lowest BCUT2D eigenvalue weighted by molar-refractivity contribution is -0.136. The van der Waals surface area contributed by atoms with Crippen molar-refractivity contribution in [1.82, 2.24) is 0 Å². The number of aldehydes is 1. The van der Waals surface area contributed by atoms with Gasteiger partial charge in [0.25, 0.3) is 0 Å². The fourth-order valence-electron chi connectivity index (χ4n) is 1.22. The van der Waals surface area contributed by atoms with E-state index in [9.17, 15) is 18.0 Å². The van der Waals surface area contributed by atoms with E-state index < -0.39 is 12.6 Å². The Morgan fingerprint density at radius 1 is 1.35 bits per heavy atom. The highest BCUT2D eigenvalue weighted by Crippen LogP contribution is 2.28. The average molecular weight is 311 g/mol. The van der Waals surface area contributed by atoms with Crippen molar-refractivity contribution >= 4 is 22.2 Å². The van der Waals surface area contributed by atoms with Crippen LogP contribution in [0.2, 0.25) is 0 Å². The summed E-state index contributed by atoms with van der Waals surface area (Å²) in [6.45, 7) is -0.0804. The Balaban J connectivity index is 2.54. The molecular weight excluding hydrogens is 301 g/mol. The number of hydrogen-bond acceptors (Lipinski definition) is 2. The molecular formula is C11H10BrF3O2. The maximum atomic E-state index is 11.9. The Hall–Kier alpha value is -1.04. The van der Waals surface area contributed by atoms with Crippen molar-refractivity contribution in [1.29, 1.82) is 0 Å². The molecule has 0 saturated heterocycles. The Labute approximate surface area is 105 Å². The van der Waals surface area contributed by atoms with E-state index >= 15 is 0 Å². The van der Waals surface area contributed by atoms with Gasteiger partial charge < -0.3 is 4.74 Å². The number of rotatable bonds is 5. The molecule has 0 radical (unpaired) electrons. The summed E-state index contributed by atoms with van der Waals surface area (Å²) in [6.07, 6.45) is -4.61. The van der Waals surface area contributed by atoms with Gasteiger partial charge in [-0.05, 0) is 34.5 Å². The van der Waals surface area contributed by atoms with Gasteiger partial charge in [-0.2, -0.15) is 13.2 Å². The lowest BCUT2D eigenvalue weighted by Crippen LogP contribution is -2.10. The maximum absolute atomic E-state index is 11.9. The van der Waals surface area contributed by atoms with Crippen LogP contribution in [0.4, 0.5) is 13.2 Å². The fourth-order valence-corrected chi connectivity index (χ4v) is 1.71. The lowest BCUT2D eigenvalue weighted by atomic mass is 10.2. The fraction of sp³-hybridized carbons (Fsp3) is 0.364. The smallest absolute Gasteiger partial charge is 0.389 e. The van der Waals surface area contributed by atoms with Gasteiger partial charge in [-0.1, -0.05) is 6.07 Å². The van der Waals surface area contributed by atoms with Crippen molar-refractivity contribution in [3.63, 3.8) is 0 Å². The summed E-state index contributed by atoms with van der Waals surface area (Å²) in [4.78, 5) is 10.7. The van der Waals surface area contributed by atoms with Crippen molar-refractivity contribution in [2.45, 2.75) is 19.0 Å². The first kappa shape index (κ1) is 14.0. The Kier molecular flexibility index (Phi) is 4.99. The normalized spacial score (nSPS) is 11.3. The molecule has 1 rings (SSSR count). The summed E-state index contributed by atoms with van der Waals surface area (Å²) >= 11 is 3.17. The molecule has 0 saturated carbocycles. The van der Waals surface area contributed by atoms with Crippen LogP contribution in [-0.2, 0) is 0 Å². The molecule has 0 N–H and O–H groups in total. The molecule has 17 heavy (non-hydrogen) atoms. The number of hydrogen-bond donors (Lipinski definition) is 0. The van der Waals surface area contributed by atoms with Crippen LogP contribution in [0.5, 0.6) is 5.75 Å². The predicted molar refractivity (Wildman–Crippen MR) is 60.3 cm³/mol. The molecule has 2 nitrogen and oxygen atoms in total. The van der Waals surface area contributed by atoms with Crippen LogP contribution >= 0.6 is 15.9 Å². The van der Waals surface area contributed by atoms with Gasteiger partial charge in [-0.25, -0.2) is 0 Å². The van der Waals surface area contributed by atoms with Crippen molar-refractivity contribution in [2.75, 3.05) is 6.61 Å². The molecule has 0 aliphatic heterocycles. The molecule has 0 fully saturated rings. The number of halogens is 4. The minimum Gasteiger partial charge on any atom is -0.492 e. The number of carbonyl (C=O) groups is 1. The molecule has 1 aromatic carbocycles. The maximum Gasteiger partial charge on any atom is 0.389 e. The molecule has 0 amide bonds. The summed E-state index contributed by atoms with van der Waals surface area (Å²) in [5, 5.41) is 0. The molecule has 0 heterocycles. The molecule has 0 aliphatic rings. The van der Waals surface area contributed by atoms with Gasteiger partial charge in [0, 0.05) is 6.42 Å². The van der Waals surface area contributed by atoms with E-state index in [4.69, 9.17) is 4.74 Å². The summed E-state index contributed by atoms with van der Waals surface area (Å²) in [7, 11) is 0. The zero-order valence-corrected chi connectivity index (χ0v) is 10.3. The highest BCUT2D eigenvalue weighted by atomic mass is 79.9. The van der Waals surface area contributed by atoms with Gasteiger partial charge in [0.1, 0.15) is 5.75 Å². The average Bonchev–Trinajstić information content (AvgIpc) is 2.24. The van der Waals surface area contributed by atoms with Crippen molar-refractivity contribution in [2.24, 2.45) is 0 Å². The highest BCUT2D eigenvalue weighted by Gasteiger charge is 2.26. The van der Waals surface area contributed by atoms with Gasteiger partial charge in [0.15, 0.2) is 6.29 Å². The molecule has 0 aliphatic carbocycles. The SMILES string of the molecule is O=Cc1cccc(Br)c1OCCCC(F)(F)F. The number of ether oxygens (including phenoxy) is 1. The summed E-state index contributed by atoms with van der Waals surface area (Å²) in [5.41, 5.74) is 0.311. The van der Waals surface area contributed by atoms with Gasteiger partial charge in [0.2, 0.25) is 0 Å². The number of benzene rings is 1. The van der Waals surface area contributed by atoms with Crippen molar-refractivity contribution in [3.8, 4) is 5.75 Å². The second-order valence-electron chi connectivity index (χ2n) is 3.34. The molecule has 0 atom stereocenters. The van der Waals surface area contributed by atoms with Crippen molar-refractivity contribution in [3.05, 3.63) is 28.2 Å². The minimum atomic E-state index is -4.18. The van der Waals surface area contributed by atoms with E-state index in [-0.39, 0.29) is 18.8 Å². The molecule has 1 aromatic rings. The van der Waals surface area contributed by atoms with E-state index in [0.29, 0.717) is 16.3 Å². The number of para-hydroxylation sites is 1. The van der Waals surface area contributed by atoms with Crippen LogP contribution in [0.25, 0.3) is 0 Å². The van der Waals surface area contributed by atoms with Crippen LogP contribution in [-0.4, -0.2) is 19.1 Å². The predicted octanol–water partition coefficient (Wildman–Crippen LogP) is 3.98. The minimum absolute atomic E-state index is 0.0804. The summed E-state index contributed by atoms with van der Waals surface area (Å²) < 4.78 is 41.4. The second-order valence-corrected chi connectivity index (χ2v) is 4.20. The first-order chi connectivity index (χ1) is 7.94. The number of carbonyl (C=O) groups excluding carboxylic acids is 1. The first-order valence-electron chi connectivity index (χ1n) is 4.87. The van der Waals surface area contributed by atoms with E-state index in [1.165, 1.54) is 6.07 Å². The molecule has 0 bridgehead atoms. The second kappa shape index (κ2) is 6.05. The summed E-state index contributed by atoms with van der Waals surface area (Å²) in [6, 6.07) is 4.85. The monoisotopic (exact) mass is 310 g/mol. The Morgan fingerprint density at radius 2 is 2.06 bits per heavy atom. The molecule has 0 aromatic heterocycles. The van der Waals surface area contributed by atoms with Gasteiger partial charge in [-0.3, -0.25) is 4.79 Å². The first-order valence-corrected chi connectivity index (χ1v) is 5.66. The Bertz CT molecular complexity index is 391. The van der Waals surface area contributed by atoms with Crippen molar-refractivity contribution < 1.29 is 22.7 Å². The summed E-state index contributed by atoms with van der Waals surface area (Å²) in [5.74, 6) is 0.282. The standard InChI is InChI=1S/C11H10BrF3O2/c12-9-4-1-3-8(7-16)10(9)17-6-2-5-11(13,14)15/h1,3-4,7H,2,5-6H2. The highest BCUT2D eigenvalue weighted by molar-refractivity contribution is 9.10. The van der Waals surface area contributed by atoms with Crippen LogP contribution < -0.4 is 4.74 Å². The molecule has 6 heteroatoms. The molecule has 0 spiro atoms. The number of alkyl halides is 3. The zero-order chi connectivity index (χ0) is 12.9. The topological polar surface area (TPSA) is 26.3 Å². The van der Waals surface area contributed by atoms with Crippen LogP contribution in [0.1, 0.15) is 23.2 Å². The van der Waals surface area contributed by atoms with Gasteiger partial charge in [-0.15, -0.1) is 0 Å². The van der Waals surface area contributed by atoms with Crippen LogP contribution in [0, 0.1) is 0 Å². The van der Waals surface area contributed by atoms with Crippen LogP contribution in [0.15, 0.2) is 22.7 Å². The van der Waals surface area contributed by atoms with E-state index in [1.54, 1.807) is 12.1 Å². The van der Waals surface area contributed by atoms with Gasteiger partial charge >= 0.3 is 6.18 Å². The van der Waals surface area contributed by atoms with E-state index in [2.05, 4.69) is 15.9 Å². The zero-order valence-electron chi connectivity index (χ0n) is 8.76. The third kappa shape index (κ3) is 4.77. The third-order valence-electron chi connectivity index (χ3n) is 1.98. The quantitative estimate of drug-likeness (QED) is 0.607. The molecule has 94 valence electrons.